The summed E-state index contributed by atoms with van der Waals surface area (Å²) in [7, 11) is -4.38. The number of anilines is 1. The Morgan fingerprint density at radius 3 is 2.56 bits per heavy atom. The van der Waals surface area contributed by atoms with Crippen molar-refractivity contribution in [3.63, 3.8) is 0 Å². The maximum atomic E-state index is 13.4. The molecule has 0 radical (unpaired) electrons. The van der Waals surface area contributed by atoms with Crippen molar-refractivity contribution < 1.29 is 26.4 Å². The Balaban J connectivity index is 1.77. The molecule has 1 N–H and O–H groups in total. The molecule has 1 aliphatic heterocycles. The second-order valence-electron chi connectivity index (χ2n) is 8.79. The summed E-state index contributed by atoms with van der Waals surface area (Å²) >= 11 is 6.15. The number of hydrogen-bond donors (Lipinski definition) is 1. The van der Waals surface area contributed by atoms with E-state index in [2.05, 4.69) is 17.1 Å². The highest BCUT2D eigenvalue weighted by atomic mass is 35.5. The Kier molecular flexibility index (Phi) is 9.66. The van der Waals surface area contributed by atoms with Crippen LogP contribution in [-0.2, 0) is 21.0 Å². The third-order valence-corrected chi connectivity index (χ3v) is 8.42. The van der Waals surface area contributed by atoms with Crippen LogP contribution in [0.1, 0.15) is 44.6 Å². The number of nitrogens with one attached hydrogen (secondary N) is 1. The minimum absolute atomic E-state index is 0.165. The molecule has 1 fully saturated rings. The molecule has 1 unspecified atom stereocenters. The molecule has 11 heteroatoms. The smallest absolute Gasteiger partial charge is 0.354 e. The minimum Gasteiger partial charge on any atom is -0.354 e. The van der Waals surface area contributed by atoms with E-state index in [1.165, 1.54) is 30.7 Å². The maximum absolute atomic E-state index is 13.4. The second-order valence-corrected chi connectivity index (χ2v) is 11.1. The normalized spacial score (nSPS) is 17.1. The van der Waals surface area contributed by atoms with Crippen LogP contribution in [-0.4, -0.2) is 51.4 Å². The van der Waals surface area contributed by atoms with Crippen LogP contribution in [0.3, 0.4) is 0 Å². The molecule has 36 heavy (non-hydrogen) atoms. The van der Waals surface area contributed by atoms with Gasteiger partial charge >= 0.3 is 6.18 Å². The first-order valence-corrected chi connectivity index (χ1v) is 13.8. The van der Waals surface area contributed by atoms with Crippen LogP contribution >= 0.6 is 11.6 Å². The number of nitrogens with zero attached hydrogens (tertiary/aromatic N) is 2. The maximum Gasteiger partial charge on any atom is 0.416 e. The third kappa shape index (κ3) is 7.14. The number of piperidine rings is 1. The summed E-state index contributed by atoms with van der Waals surface area (Å²) in [5.74, 6) is -0.631. The fourth-order valence-corrected chi connectivity index (χ4v) is 6.13. The molecule has 2 aromatic rings. The molecular formula is C25H31ClF3N3O3S. The van der Waals surface area contributed by atoms with Gasteiger partial charge < -0.3 is 10.2 Å². The highest BCUT2D eigenvalue weighted by molar-refractivity contribution is 7.92. The summed E-state index contributed by atoms with van der Waals surface area (Å²) < 4.78 is 67.5. The van der Waals surface area contributed by atoms with Crippen LogP contribution in [0.2, 0.25) is 5.02 Å². The van der Waals surface area contributed by atoms with Crippen LogP contribution in [0.4, 0.5) is 18.9 Å². The Bertz CT molecular complexity index is 1130. The number of sulfonamides is 1. The van der Waals surface area contributed by atoms with Crippen molar-refractivity contribution in [1.29, 1.82) is 0 Å². The molecule has 2 aromatic carbocycles. The van der Waals surface area contributed by atoms with E-state index in [-0.39, 0.29) is 9.92 Å². The van der Waals surface area contributed by atoms with E-state index >= 15 is 0 Å². The van der Waals surface area contributed by atoms with Crippen LogP contribution in [0.15, 0.2) is 53.4 Å². The molecular weight excluding hydrogens is 515 g/mol. The van der Waals surface area contributed by atoms with E-state index in [1.54, 1.807) is 6.07 Å². The number of alkyl halides is 3. The zero-order valence-electron chi connectivity index (χ0n) is 20.1. The summed E-state index contributed by atoms with van der Waals surface area (Å²) in [6.45, 7) is 3.60. The number of carbonyl (C=O) groups is 1. The van der Waals surface area contributed by atoms with Crippen molar-refractivity contribution >= 4 is 33.2 Å². The lowest BCUT2D eigenvalue weighted by atomic mass is 10.00. The molecule has 1 saturated heterocycles. The van der Waals surface area contributed by atoms with Crippen molar-refractivity contribution in [2.45, 2.75) is 56.1 Å². The van der Waals surface area contributed by atoms with Crippen LogP contribution in [0, 0.1) is 0 Å². The molecule has 1 aliphatic rings. The molecule has 0 bridgehead atoms. The Morgan fingerprint density at radius 2 is 1.89 bits per heavy atom. The van der Waals surface area contributed by atoms with Gasteiger partial charge in [0, 0.05) is 19.1 Å². The number of benzene rings is 2. The Hall–Kier alpha value is -2.30. The number of hydrogen-bond acceptors (Lipinski definition) is 4. The quantitative estimate of drug-likeness (QED) is 0.410. The zero-order chi connectivity index (χ0) is 26.3. The monoisotopic (exact) mass is 545 g/mol. The van der Waals surface area contributed by atoms with Gasteiger partial charge in [-0.05, 0) is 62.6 Å². The summed E-state index contributed by atoms with van der Waals surface area (Å²) in [5, 5.41) is 2.49. The van der Waals surface area contributed by atoms with Gasteiger partial charge in [-0.25, -0.2) is 8.42 Å². The average molecular weight is 546 g/mol. The molecule has 1 atom stereocenters. The van der Waals surface area contributed by atoms with Gasteiger partial charge in [0.05, 0.1) is 21.2 Å². The zero-order valence-corrected chi connectivity index (χ0v) is 21.7. The molecule has 0 aromatic heterocycles. The third-order valence-electron chi connectivity index (χ3n) is 6.33. The first-order chi connectivity index (χ1) is 17.0. The van der Waals surface area contributed by atoms with Gasteiger partial charge in [0.1, 0.15) is 6.54 Å². The summed E-state index contributed by atoms with van der Waals surface area (Å²) in [6, 6.07) is 10.1. The van der Waals surface area contributed by atoms with E-state index in [9.17, 15) is 26.4 Å². The summed E-state index contributed by atoms with van der Waals surface area (Å²) in [4.78, 5) is 15.0. The molecule has 3 rings (SSSR count). The van der Waals surface area contributed by atoms with Crippen LogP contribution in [0.5, 0.6) is 0 Å². The topological polar surface area (TPSA) is 69.7 Å². The van der Waals surface area contributed by atoms with Crippen LogP contribution < -0.4 is 9.62 Å². The van der Waals surface area contributed by atoms with E-state index in [1.807, 2.05) is 0 Å². The fourth-order valence-electron chi connectivity index (χ4n) is 4.41. The summed E-state index contributed by atoms with van der Waals surface area (Å²) in [5.41, 5.74) is -1.48. The first-order valence-electron chi connectivity index (χ1n) is 12.0. The second kappa shape index (κ2) is 12.3. The predicted molar refractivity (Wildman–Crippen MR) is 135 cm³/mol. The Morgan fingerprint density at radius 1 is 1.17 bits per heavy atom. The summed E-state index contributed by atoms with van der Waals surface area (Å²) in [6.07, 6.45) is 0.554. The molecule has 0 spiro atoms. The first kappa shape index (κ1) is 28.3. The van der Waals surface area contributed by atoms with E-state index in [4.69, 9.17) is 11.6 Å². The highest BCUT2D eigenvalue weighted by Crippen LogP contribution is 2.37. The lowest BCUT2D eigenvalue weighted by molar-refractivity contribution is -0.137. The molecule has 0 aliphatic carbocycles. The molecule has 0 saturated carbocycles. The standard InChI is InChI=1S/C25H31ClF3N3O3S/c1-2-20-9-6-7-15-31(20)16-8-14-30-24(33)18-32(36(34,35)21-10-4-3-5-11-21)23-17-19(25(27,28)29)12-13-22(23)26/h3-5,10-13,17,20H,2,6-9,14-16,18H2,1H3,(H,30,33). The lowest BCUT2D eigenvalue weighted by Crippen LogP contribution is -2.43. The number of likely N-dealkylation sites (tertiary alicyclic amines) is 1. The van der Waals surface area contributed by atoms with Gasteiger partial charge in [-0.15, -0.1) is 0 Å². The average Bonchev–Trinajstić information content (AvgIpc) is 2.85. The minimum atomic E-state index is -4.71. The predicted octanol–water partition coefficient (Wildman–Crippen LogP) is 5.32. The SMILES string of the molecule is CCC1CCCCN1CCCNC(=O)CN(c1cc(C(F)(F)F)ccc1Cl)S(=O)(=O)c1ccccc1. The molecule has 1 amide bonds. The van der Waals surface area contributed by atoms with Crippen molar-refractivity contribution in [3.8, 4) is 0 Å². The van der Waals surface area contributed by atoms with Crippen molar-refractivity contribution in [1.82, 2.24) is 10.2 Å². The number of rotatable bonds is 10. The van der Waals surface area contributed by atoms with Crippen molar-refractivity contribution in [2.75, 3.05) is 30.5 Å². The number of halogens is 4. The molecule has 1 heterocycles. The van der Waals surface area contributed by atoms with Gasteiger partial charge in [0.2, 0.25) is 5.91 Å². The van der Waals surface area contributed by atoms with Crippen molar-refractivity contribution in [3.05, 3.63) is 59.1 Å². The highest BCUT2D eigenvalue weighted by Gasteiger charge is 2.34. The molecule has 6 nitrogen and oxygen atoms in total. The van der Waals surface area contributed by atoms with Gasteiger partial charge in [-0.1, -0.05) is 43.1 Å². The van der Waals surface area contributed by atoms with Crippen LogP contribution in [0.25, 0.3) is 0 Å². The lowest BCUT2D eigenvalue weighted by Gasteiger charge is -2.35. The van der Waals surface area contributed by atoms with Crippen molar-refractivity contribution in [2.24, 2.45) is 0 Å². The van der Waals surface area contributed by atoms with Gasteiger partial charge in [-0.2, -0.15) is 13.2 Å². The van der Waals surface area contributed by atoms with E-state index < -0.39 is 39.9 Å². The molecule has 198 valence electrons. The van der Waals surface area contributed by atoms with E-state index in [0.29, 0.717) is 29.4 Å². The largest absolute Gasteiger partial charge is 0.416 e. The number of amides is 1. The fraction of sp³-hybridized carbons (Fsp3) is 0.480. The Labute approximate surface area is 215 Å². The van der Waals surface area contributed by atoms with Gasteiger partial charge in [-0.3, -0.25) is 9.10 Å². The van der Waals surface area contributed by atoms with Gasteiger partial charge in [0.25, 0.3) is 10.0 Å². The number of carbonyl (C=O) groups excluding carboxylic acids is 1. The van der Waals surface area contributed by atoms with E-state index in [0.717, 1.165) is 44.5 Å². The van der Waals surface area contributed by atoms with Gasteiger partial charge in [0.15, 0.2) is 0 Å².